The molecule has 192 valence electrons. The number of ether oxygens (including phenoxy) is 3. The van der Waals surface area contributed by atoms with Crippen LogP contribution in [0.25, 0.3) is 5.65 Å². The standard InChI is InChI=1S/C14H17N5O.C12H15FO3/c20-14(16-10-3-4-10)11-9-15-19-8-5-12(17-13(11)19)18-6-1-2-7-18;1-12(2)15-8-11(16-12)7-14-10-5-3-4-9(13)6-10/h5,8-10H,1-4,6-7H2,(H,16,20);3-6,11H,7-8H2,1-2H3. The molecule has 1 N–H and O–H groups in total. The average Bonchev–Trinajstić information content (AvgIpc) is 3.24. The number of hydrogen-bond donors (Lipinski definition) is 1. The van der Waals surface area contributed by atoms with Crippen LogP contribution in [0.4, 0.5) is 10.2 Å². The van der Waals surface area contributed by atoms with Crippen LogP contribution in [0.2, 0.25) is 0 Å². The predicted octanol–water partition coefficient (Wildman–Crippen LogP) is 3.58. The number of fused-ring (bicyclic) bond motifs is 1. The van der Waals surface area contributed by atoms with Gasteiger partial charge in [0.05, 0.1) is 12.8 Å². The molecule has 36 heavy (non-hydrogen) atoms. The first kappa shape index (κ1) is 24.5. The van der Waals surface area contributed by atoms with Crippen molar-refractivity contribution in [2.75, 3.05) is 31.2 Å². The van der Waals surface area contributed by atoms with E-state index in [-0.39, 0.29) is 17.8 Å². The van der Waals surface area contributed by atoms with Gasteiger partial charge >= 0.3 is 0 Å². The normalized spacial score (nSPS) is 20.8. The van der Waals surface area contributed by atoms with Crippen molar-refractivity contribution in [3.63, 3.8) is 0 Å². The summed E-state index contributed by atoms with van der Waals surface area (Å²) in [5.41, 5.74) is 1.21. The number of nitrogens with zero attached hydrogens (tertiary/aromatic N) is 4. The number of amides is 1. The number of nitrogens with one attached hydrogen (secondary N) is 1. The number of benzene rings is 1. The van der Waals surface area contributed by atoms with Crippen LogP contribution < -0.4 is 15.0 Å². The maximum Gasteiger partial charge on any atom is 0.256 e. The molecule has 0 radical (unpaired) electrons. The topological polar surface area (TPSA) is 90.2 Å². The molecule has 0 spiro atoms. The third-order valence-electron chi connectivity index (χ3n) is 6.24. The lowest BCUT2D eigenvalue weighted by atomic mass is 10.3. The summed E-state index contributed by atoms with van der Waals surface area (Å²) in [6.07, 6.45) is 7.97. The highest BCUT2D eigenvalue weighted by Crippen LogP contribution is 2.24. The molecule has 10 heteroatoms. The molecule has 1 unspecified atom stereocenters. The molecule has 4 heterocycles. The highest BCUT2D eigenvalue weighted by atomic mass is 19.1. The van der Waals surface area contributed by atoms with Gasteiger partial charge < -0.3 is 24.4 Å². The van der Waals surface area contributed by atoms with Gasteiger partial charge in [-0.05, 0) is 57.7 Å². The van der Waals surface area contributed by atoms with Crippen LogP contribution in [0, 0.1) is 5.82 Å². The summed E-state index contributed by atoms with van der Waals surface area (Å²) < 4.78 is 30.9. The first-order valence-corrected chi connectivity index (χ1v) is 12.5. The Morgan fingerprint density at radius 1 is 1.25 bits per heavy atom. The predicted molar refractivity (Wildman–Crippen MR) is 132 cm³/mol. The van der Waals surface area contributed by atoms with Gasteiger partial charge in [-0.15, -0.1) is 0 Å². The second kappa shape index (κ2) is 10.4. The Hall–Kier alpha value is -3.24. The van der Waals surface area contributed by atoms with Crippen molar-refractivity contribution in [1.82, 2.24) is 19.9 Å². The van der Waals surface area contributed by atoms with Crippen LogP contribution >= 0.6 is 0 Å². The Kier molecular flexibility index (Phi) is 7.06. The first-order chi connectivity index (χ1) is 17.4. The zero-order chi connectivity index (χ0) is 25.1. The van der Waals surface area contributed by atoms with Crippen molar-refractivity contribution in [3.8, 4) is 5.75 Å². The van der Waals surface area contributed by atoms with E-state index in [1.54, 1.807) is 22.8 Å². The van der Waals surface area contributed by atoms with E-state index in [4.69, 9.17) is 14.2 Å². The minimum atomic E-state index is -0.546. The van der Waals surface area contributed by atoms with Crippen LogP contribution in [0.15, 0.2) is 42.7 Å². The molecular weight excluding hydrogens is 465 g/mol. The fourth-order valence-corrected chi connectivity index (χ4v) is 4.22. The van der Waals surface area contributed by atoms with Crippen molar-refractivity contribution in [2.24, 2.45) is 0 Å². The molecule has 3 fully saturated rings. The maximum absolute atomic E-state index is 12.9. The summed E-state index contributed by atoms with van der Waals surface area (Å²) in [6, 6.07) is 8.36. The van der Waals surface area contributed by atoms with Gasteiger partial charge in [-0.1, -0.05) is 6.07 Å². The van der Waals surface area contributed by atoms with Crippen molar-refractivity contribution >= 4 is 17.4 Å². The molecule has 6 rings (SSSR count). The Morgan fingerprint density at radius 3 is 2.75 bits per heavy atom. The van der Waals surface area contributed by atoms with Crippen LogP contribution in [0.3, 0.4) is 0 Å². The third-order valence-corrected chi connectivity index (χ3v) is 6.24. The zero-order valence-electron chi connectivity index (χ0n) is 20.7. The van der Waals surface area contributed by atoms with E-state index in [1.165, 1.54) is 25.0 Å². The van der Waals surface area contributed by atoms with Gasteiger partial charge in [-0.3, -0.25) is 4.79 Å². The van der Waals surface area contributed by atoms with Crippen molar-refractivity contribution < 1.29 is 23.4 Å². The van der Waals surface area contributed by atoms with Gasteiger partial charge in [-0.25, -0.2) is 13.9 Å². The molecule has 1 atom stereocenters. The van der Waals surface area contributed by atoms with E-state index in [1.807, 2.05) is 26.1 Å². The van der Waals surface area contributed by atoms with Gasteiger partial charge in [0.25, 0.3) is 5.91 Å². The van der Waals surface area contributed by atoms with E-state index < -0.39 is 5.79 Å². The second-order valence-electron chi connectivity index (χ2n) is 9.77. The van der Waals surface area contributed by atoms with Crippen molar-refractivity contribution in [3.05, 3.63) is 54.1 Å². The molecule has 0 bridgehead atoms. The molecule has 1 aromatic carbocycles. The SMILES string of the molecule is CC1(C)OCC(COc2cccc(F)c2)O1.O=C(NC1CC1)c1cnn2ccc(N3CCCC3)nc12. The molecule has 1 saturated carbocycles. The summed E-state index contributed by atoms with van der Waals surface area (Å²) in [4.78, 5) is 19.1. The molecule has 2 aromatic heterocycles. The number of hydrogen-bond acceptors (Lipinski definition) is 7. The number of halogens is 1. The lowest BCUT2D eigenvalue weighted by Crippen LogP contribution is -2.25. The molecular formula is C26H32FN5O4. The number of aromatic nitrogens is 3. The fourth-order valence-electron chi connectivity index (χ4n) is 4.22. The molecule has 3 aliphatic rings. The van der Waals surface area contributed by atoms with Gasteiger partial charge in [-0.2, -0.15) is 5.10 Å². The van der Waals surface area contributed by atoms with Crippen LogP contribution in [0.5, 0.6) is 5.75 Å². The Morgan fingerprint density at radius 2 is 2.06 bits per heavy atom. The van der Waals surface area contributed by atoms with E-state index in [0.717, 1.165) is 31.7 Å². The summed E-state index contributed by atoms with van der Waals surface area (Å²) in [6.45, 7) is 6.67. The molecule has 9 nitrogen and oxygen atoms in total. The minimum absolute atomic E-state index is 0.0615. The maximum atomic E-state index is 12.9. The third kappa shape index (κ3) is 6.11. The summed E-state index contributed by atoms with van der Waals surface area (Å²) >= 11 is 0. The van der Waals surface area contributed by atoms with Gasteiger partial charge in [0.15, 0.2) is 11.4 Å². The number of anilines is 1. The first-order valence-electron chi connectivity index (χ1n) is 12.5. The van der Waals surface area contributed by atoms with Gasteiger partial charge in [0, 0.05) is 31.4 Å². The number of carbonyl (C=O) groups excluding carboxylic acids is 1. The molecule has 2 aliphatic heterocycles. The molecule has 1 aliphatic carbocycles. The lowest BCUT2D eigenvalue weighted by Gasteiger charge is -2.17. The monoisotopic (exact) mass is 497 g/mol. The van der Waals surface area contributed by atoms with E-state index in [2.05, 4.69) is 20.3 Å². The summed E-state index contributed by atoms with van der Waals surface area (Å²) in [5, 5.41) is 7.20. The highest BCUT2D eigenvalue weighted by Gasteiger charge is 2.33. The number of carbonyl (C=O) groups is 1. The minimum Gasteiger partial charge on any atom is -0.491 e. The lowest BCUT2D eigenvalue weighted by molar-refractivity contribution is -0.141. The highest BCUT2D eigenvalue weighted by molar-refractivity contribution is 6.00. The zero-order valence-corrected chi connectivity index (χ0v) is 20.7. The molecule has 2 saturated heterocycles. The van der Waals surface area contributed by atoms with E-state index in [9.17, 15) is 9.18 Å². The summed E-state index contributed by atoms with van der Waals surface area (Å²) in [5.74, 6) is 0.537. The van der Waals surface area contributed by atoms with Crippen molar-refractivity contribution in [2.45, 2.75) is 57.5 Å². The Labute approximate surface area is 209 Å². The fraction of sp³-hybridized carbons (Fsp3) is 0.500. The molecule has 3 aromatic rings. The van der Waals surface area contributed by atoms with Crippen LogP contribution in [-0.2, 0) is 9.47 Å². The molecule has 1 amide bonds. The smallest absolute Gasteiger partial charge is 0.256 e. The Bertz CT molecular complexity index is 1210. The summed E-state index contributed by atoms with van der Waals surface area (Å²) in [7, 11) is 0. The van der Waals surface area contributed by atoms with Gasteiger partial charge in [0.1, 0.15) is 35.7 Å². The quantitative estimate of drug-likeness (QED) is 0.557. The van der Waals surface area contributed by atoms with Crippen molar-refractivity contribution in [1.29, 1.82) is 0 Å². The van der Waals surface area contributed by atoms with Crippen LogP contribution in [0.1, 0.15) is 49.9 Å². The van der Waals surface area contributed by atoms with E-state index >= 15 is 0 Å². The Balaban J connectivity index is 0.000000152. The van der Waals surface area contributed by atoms with Crippen LogP contribution in [-0.4, -0.2) is 64.7 Å². The van der Waals surface area contributed by atoms with E-state index in [0.29, 0.717) is 36.2 Å². The number of rotatable bonds is 6. The van der Waals surface area contributed by atoms with Gasteiger partial charge in [0.2, 0.25) is 0 Å². The largest absolute Gasteiger partial charge is 0.491 e. The second-order valence-corrected chi connectivity index (χ2v) is 9.77. The average molecular weight is 498 g/mol.